The van der Waals surface area contributed by atoms with Crippen molar-refractivity contribution in [2.24, 2.45) is 5.73 Å². The molecular weight excluding hydrogens is 218 g/mol. The Hall–Kier alpha value is -1.62. The molecule has 4 N–H and O–H groups in total. The van der Waals surface area contributed by atoms with Crippen molar-refractivity contribution in [1.29, 1.82) is 0 Å². The van der Waals surface area contributed by atoms with Gasteiger partial charge in [0.25, 0.3) is 5.91 Å². The number of carbonyl (C=O) groups excluding carboxylic acids is 1. The largest absolute Gasteiger partial charge is 0.505 e. The Morgan fingerprint density at radius 3 is 2.94 bits per heavy atom. The first-order valence-electron chi connectivity index (χ1n) is 5.88. The highest BCUT2D eigenvalue weighted by molar-refractivity contribution is 5.96. The van der Waals surface area contributed by atoms with Crippen molar-refractivity contribution in [2.75, 3.05) is 0 Å². The lowest BCUT2D eigenvalue weighted by atomic mass is 9.91. The van der Waals surface area contributed by atoms with Crippen LogP contribution in [0, 0.1) is 0 Å². The van der Waals surface area contributed by atoms with Crippen LogP contribution in [-0.2, 0) is 0 Å². The third kappa shape index (κ3) is 2.74. The Morgan fingerprint density at radius 1 is 1.47 bits per heavy atom. The van der Waals surface area contributed by atoms with E-state index in [4.69, 9.17) is 5.73 Å². The third-order valence-corrected chi connectivity index (χ3v) is 3.18. The molecule has 0 spiro atoms. The standard InChI is InChI=1S/C12H17N3O2/c13-9-3-1-2-4-10(9)15-12(17)8-5-6-14-7-11(8)16/h5-7,9-10,16H,1-4,13H2,(H,15,17). The zero-order chi connectivity index (χ0) is 12.3. The van der Waals surface area contributed by atoms with Gasteiger partial charge in [0, 0.05) is 18.3 Å². The van der Waals surface area contributed by atoms with Gasteiger partial charge in [-0.05, 0) is 18.9 Å². The minimum Gasteiger partial charge on any atom is -0.505 e. The van der Waals surface area contributed by atoms with Gasteiger partial charge in [-0.15, -0.1) is 0 Å². The molecule has 5 heteroatoms. The Bertz CT molecular complexity index is 408. The molecule has 1 heterocycles. The Balaban J connectivity index is 2.04. The van der Waals surface area contributed by atoms with Crippen LogP contribution in [0.2, 0.25) is 0 Å². The maximum Gasteiger partial charge on any atom is 0.255 e. The summed E-state index contributed by atoms with van der Waals surface area (Å²) in [5.41, 5.74) is 6.20. The maximum absolute atomic E-state index is 11.9. The number of pyridine rings is 1. The van der Waals surface area contributed by atoms with Gasteiger partial charge < -0.3 is 16.2 Å². The van der Waals surface area contributed by atoms with Gasteiger partial charge in [0.2, 0.25) is 0 Å². The van der Waals surface area contributed by atoms with E-state index in [1.54, 1.807) is 0 Å². The van der Waals surface area contributed by atoms with Crippen molar-refractivity contribution < 1.29 is 9.90 Å². The van der Waals surface area contributed by atoms with Crippen LogP contribution in [-0.4, -0.2) is 28.1 Å². The third-order valence-electron chi connectivity index (χ3n) is 3.18. The van der Waals surface area contributed by atoms with E-state index in [0.29, 0.717) is 0 Å². The van der Waals surface area contributed by atoms with Gasteiger partial charge >= 0.3 is 0 Å². The molecule has 2 rings (SSSR count). The molecule has 1 aliphatic carbocycles. The second kappa shape index (κ2) is 5.14. The van der Waals surface area contributed by atoms with Crippen molar-refractivity contribution in [3.8, 4) is 5.75 Å². The number of amides is 1. The molecule has 0 aromatic carbocycles. The van der Waals surface area contributed by atoms with E-state index in [1.165, 1.54) is 18.5 Å². The molecule has 5 nitrogen and oxygen atoms in total. The van der Waals surface area contributed by atoms with Gasteiger partial charge in [0.1, 0.15) is 5.75 Å². The summed E-state index contributed by atoms with van der Waals surface area (Å²) < 4.78 is 0. The Labute approximate surface area is 100 Å². The summed E-state index contributed by atoms with van der Waals surface area (Å²) in [5, 5.41) is 12.4. The number of hydrogen-bond acceptors (Lipinski definition) is 4. The molecule has 17 heavy (non-hydrogen) atoms. The van der Waals surface area contributed by atoms with Crippen LogP contribution >= 0.6 is 0 Å². The first-order valence-corrected chi connectivity index (χ1v) is 5.88. The molecule has 1 aromatic heterocycles. The average molecular weight is 235 g/mol. The van der Waals surface area contributed by atoms with Crippen molar-refractivity contribution in [3.63, 3.8) is 0 Å². The van der Waals surface area contributed by atoms with E-state index < -0.39 is 0 Å². The van der Waals surface area contributed by atoms with E-state index in [-0.39, 0.29) is 29.3 Å². The molecule has 1 aromatic rings. The Morgan fingerprint density at radius 2 is 2.24 bits per heavy atom. The molecule has 1 amide bonds. The zero-order valence-corrected chi connectivity index (χ0v) is 9.60. The molecule has 0 saturated heterocycles. The lowest BCUT2D eigenvalue weighted by Crippen LogP contribution is -2.49. The number of nitrogens with zero attached hydrogens (tertiary/aromatic N) is 1. The fraction of sp³-hybridized carbons (Fsp3) is 0.500. The fourth-order valence-electron chi connectivity index (χ4n) is 2.16. The van der Waals surface area contributed by atoms with Gasteiger partial charge in [0.05, 0.1) is 11.8 Å². The summed E-state index contributed by atoms with van der Waals surface area (Å²) in [4.78, 5) is 15.7. The van der Waals surface area contributed by atoms with Crippen LogP contribution < -0.4 is 11.1 Å². The molecule has 1 aliphatic rings. The first-order chi connectivity index (χ1) is 8.18. The molecule has 0 bridgehead atoms. The van der Waals surface area contributed by atoms with Crippen LogP contribution in [0.3, 0.4) is 0 Å². The SMILES string of the molecule is NC1CCCCC1NC(=O)c1ccncc1O. The number of carbonyl (C=O) groups is 1. The number of hydrogen-bond donors (Lipinski definition) is 3. The van der Waals surface area contributed by atoms with E-state index in [9.17, 15) is 9.90 Å². The zero-order valence-electron chi connectivity index (χ0n) is 9.60. The number of aromatic nitrogens is 1. The van der Waals surface area contributed by atoms with Crippen molar-refractivity contribution in [2.45, 2.75) is 37.8 Å². The van der Waals surface area contributed by atoms with Crippen LogP contribution in [0.15, 0.2) is 18.5 Å². The smallest absolute Gasteiger partial charge is 0.255 e. The highest BCUT2D eigenvalue weighted by Crippen LogP contribution is 2.19. The van der Waals surface area contributed by atoms with E-state index in [0.717, 1.165) is 25.7 Å². The lowest BCUT2D eigenvalue weighted by Gasteiger charge is -2.29. The lowest BCUT2D eigenvalue weighted by molar-refractivity contribution is 0.0918. The van der Waals surface area contributed by atoms with Gasteiger partial charge in [0.15, 0.2) is 0 Å². The molecule has 0 aliphatic heterocycles. The van der Waals surface area contributed by atoms with Crippen molar-refractivity contribution in [3.05, 3.63) is 24.0 Å². The van der Waals surface area contributed by atoms with Gasteiger partial charge in [-0.3, -0.25) is 9.78 Å². The van der Waals surface area contributed by atoms with Crippen LogP contribution in [0.1, 0.15) is 36.0 Å². The normalized spacial score (nSPS) is 24.3. The molecule has 2 unspecified atom stereocenters. The second-order valence-corrected chi connectivity index (χ2v) is 4.42. The maximum atomic E-state index is 11.9. The number of rotatable bonds is 2. The molecular formula is C12H17N3O2. The van der Waals surface area contributed by atoms with Gasteiger partial charge in [-0.2, -0.15) is 0 Å². The second-order valence-electron chi connectivity index (χ2n) is 4.42. The highest BCUT2D eigenvalue weighted by Gasteiger charge is 2.24. The van der Waals surface area contributed by atoms with E-state index in [2.05, 4.69) is 10.3 Å². The first kappa shape index (κ1) is 11.9. The summed E-state index contributed by atoms with van der Waals surface area (Å²) in [5.74, 6) is -0.387. The quantitative estimate of drug-likeness (QED) is 0.707. The van der Waals surface area contributed by atoms with E-state index >= 15 is 0 Å². The predicted molar refractivity (Wildman–Crippen MR) is 63.6 cm³/mol. The average Bonchev–Trinajstić information content (AvgIpc) is 2.32. The summed E-state index contributed by atoms with van der Waals surface area (Å²) in [6.45, 7) is 0. The minimum absolute atomic E-state index is 0.00353. The van der Waals surface area contributed by atoms with Crippen LogP contribution in [0.5, 0.6) is 5.75 Å². The van der Waals surface area contributed by atoms with Crippen LogP contribution in [0.4, 0.5) is 0 Å². The summed E-state index contributed by atoms with van der Waals surface area (Å²) in [6.07, 6.45) is 6.78. The Kier molecular flexibility index (Phi) is 3.58. The van der Waals surface area contributed by atoms with Crippen molar-refractivity contribution in [1.82, 2.24) is 10.3 Å². The summed E-state index contributed by atoms with van der Waals surface area (Å²) in [6, 6.07) is 1.51. The summed E-state index contributed by atoms with van der Waals surface area (Å²) in [7, 11) is 0. The molecule has 2 atom stereocenters. The van der Waals surface area contributed by atoms with Crippen LogP contribution in [0.25, 0.3) is 0 Å². The monoisotopic (exact) mass is 235 g/mol. The van der Waals surface area contributed by atoms with Crippen molar-refractivity contribution >= 4 is 5.91 Å². The van der Waals surface area contributed by atoms with E-state index in [1.807, 2.05) is 0 Å². The van der Waals surface area contributed by atoms with Gasteiger partial charge in [-0.1, -0.05) is 12.8 Å². The minimum atomic E-state index is -0.285. The number of nitrogens with two attached hydrogens (primary N) is 1. The number of nitrogens with one attached hydrogen (secondary N) is 1. The highest BCUT2D eigenvalue weighted by atomic mass is 16.3. The fourth-order valence-corrected chi connectivity index (χ4v) is 2.16. The predicted octanol–water partition coefficient (Wildman–Crippen LogP) is 0.787. The molecule has 0 radical (unpaired) electrons. The summed E-state index contributed by atoms with van der Waals surface area (Å²) >= 11 is 0. The molecule has 1 saturated carbocycles. The molecule has 92 valence electrons. The molecule has 1 fully saturated rings. The van der Waals surface area contributed by atoms with Gasteiger partial charge in [-0.25, -0.2) is 0 Å². The number of aromatic hydroxyl groups is 1. The topological polar surface area (TPSA) is 88.2 Å².